The predicted octanol–water partition coefficient (Wildman–Crippen LogP) is 2.65. The quantitative estimate of drug-likeness (QED) is 0.790. The molecule has 18 heavy (non-hydrogen) atoms. The third-order valence-electron chi connectivity index (χ3n) is 2.58. The molecule has 3 heteroatoms. The molecule has 2 aromatic carbocycles. The van der Waals surface area contributed by atoms with E-state index >= 15 is 0 Å². The molecule has 1 fully saturated rings. The van der Waals surface area contributed by atoms with Gasteiger partial charge in [-0.3, -0.25) is 0 Å². The molecule has 1 aliphatic rings. The van der Waals surface area contributed by atoms with E-state index in [0.29, 0.717) is 0 Å². The third kappa shape index (κ3) is 3.63. The highest BCUT2D eigenvalue weighted by Gasteiger charge is 2.03. The molecule has 0 radical (unpaired) electrons. The standard InChI is InChI=1S/C12H10.C3H6N2O/c1-3-7-11(8-4-1)12-9-5-2-6-10-12;6-3-4-1-2-5-3/h1-10H;1-2H2,(H2,4,5,6). The van der Waals surface area contributed by atoms with Crippen LogP contribution in [-0.4, -0.2) is 19.1 Å². The molecule has 2 N–H and O–H groups in total. The normalized spacial score (nSPS) is 13.0. The lowest BCUT2D eigenvalue weighted by molar-refractivity contribution is 0.248. The number of carbonyl (C=O) groups is 1. The summed E-state index contributed by atoms with van der Waals surface area (Å²) in [4.78, 5) is 10.0. The van der Waals surface area contributed by atoms with Gasteiger partial charge in [0.15, 0.2) is 0 Å². The van der Waals surface area contributed by atoms with E-state index in [2.05, 4.69) is 59.2 Å². The molecular weight excluding hydrogens is 224 g/mol. The zero-order chi connectivity index (χ0) is 12.6. The van der Waals surface area contributed by atoms with Gasteiger partial charge in [0.1, 0.15) is 0 Å². The number of rotatable bonds is 1. The highest BCUT2D eigenvalue weighted by molar-refractivity contribution is 5.75. The van der Waals surface area contributed by atoms with Gasteiger partial charge in [0.2, 0.25) is 0 Å². The van der Waals surface area contributed by atoms with Gasteiger partial charge in [-0.05, 0) is 11.1 Å². The summed E-state index contributed by atoms with van der Waals surface area (Å²) < 4.78 is 0. The van der Waals surface area contributed by atoms with Gasteiger partial charge in [0.05, 0.1) is 0 Å². The molecule has 2 aromatic rings. The molecule has 0 bridgehead atoms. The molecular formula is C15H16N2O. The average molecular weight is 240 g/mol. The van der Waals surface area contributed by atoms with Gasteiger partial charge in [-0.1, -0.05) is 60.7 Å². The van der Waals surface area contributed by atoms with Crippen molar-refractivity contribution >= 4 is 6.03 Å². The molecule has 3 nitrogen and oxygen atoms in total. The maximum atomic E-state index is 10.0. The summed E-state index contributed by atoms with van der Waals surface area (Å²) in [6, 6.07) is 20.7. The number of benzene rings is 2. The third-order valence-corrected chi connectivity index (χ3v) is 2.58. The second-order valence-electron chi connectivity index (χ2n) is 3.91. The van der Waals surface area contributed by atoms with E-state index in [-0.39, 0.29) is 6.03 Å². The van der Waals surface area contributed by atoms with Crippen molar-refractivity contribution in [2.75, 3.05) is 13.1 Å². The fourth-order valence-electron chi connectivity index (χ4n) is 1.68. The molecule has 2 amide bonds. The summed E-state index contributed by atoms with van der Waals surface area (Å²) >= 11 is 0. The van der Waals surface area contributed by atoms with E-state index < -0.39 is 0 Å². The van der Waals surface area contributed by atoms with Crippen LogP contribution in [0.3, 0.4) is 0 Å². The highest BCUT2D eigenvalue weighted by atomic mass is 16.2. The minimum Gasteiger partial charge on any atom is -0.336 e. The summed E-state index contributed by atoms with van der Waals surface area (Å²) in [5, 5.41) is 5.14. The summed E-state index contributed by atoms with van der Waals surface area (Å²) in [6.07, 6.45) is 0. The van der Waals surface area contributed by atoms with Crippen molar-refractivity contribution in [3.63, 3.8) is 0 Å². The van der Waals surface area contributed by atoms with Crippen molar-refractivity contribution in [2.45, 2.75) is 0 Å². The fraction of sp³-hybridized carbons (Fsp3) is 0.133. The van der Waals surface area contributed by atoms with Crippen LogP contribution in [0.5, 0.6) is 0 Å². The van der Waals surface area contributed by atoms with Gasteiger partial charge in [0.25, 0.3) is 0 Å². The van der Waals surface area contributed by atoms with E-state index in [1.54, 1.807) is 0 Å². The highest BCUT2D eigenvalue weighted by Crippen LogP contribution is 2.17. The first-order valence-corrected chi connectivity index (χ1v) is 5.98. The SMILES string of the molecule is O=C1NCCN1.c1ccc(-c2ccccc2)cc1. The van der Waals surface area contributed by atoms with Crippen molar-refractivity contribution in [1.29, 1.82) is 0 Å². The molecule has 0 atom stereocenters. The lowest BCUT2D eigenvalue weighted by atomic mass is 10.1. The van der Waals surface area contributed by atoms with Gasteiger partial charge in [-0.25, -0.2) is 4.79 Å². The van der Waals surface area contributed by atoms with Crippen LogP contribution in [0.15, 0.2) is 60.7 Å². The molecule has 0 aliphatic carbocycles. The number of urea groups is 1. The Morgan fingerprint density at radius 2 is 1.06 bits per heavy atom. The fourth-order valence-corrected chi connectivity index (χ4v) is 1.68. The van der Waals surface area contributed by atoms with Crippen molar-refractivity contribution in [2.24, 2.45) is 0 Å². The minimum absolute atomic E-state index is 0.0463. The zero-order valence-corrected chi connectivity index (χ0v) is 10.1. The first-order chi connectivity index (χ1) is 8.86. The summed E-state index contributed by atoms with van der Waals surface area (Å²) in [6.45, 7) is 1.55. The number of carbonyl (C=O) groups excluding carboxylic acids is 1. The van der Waals surface area contributed by atoms with Gasteiger partial charge in [-0.15, -0.1) is 0 Å². The number of amides is 2. The molecule has 3 rings (SSSR count). The van der Waals surface area contributed by atoms with E-state index in [1.165, 1.54) is 11.1 Å². The van der Waals surface area contributed by atoms with Crippen LogP contribution >= 0.6 is 0 Å². The Hall–Kier alpha value is -2.29. The molecule has 1 aliphatic heterocycles. The second kappa shape index (κ2) is 6.45. The summed E-state index contributed by atoms with van der Waals surface area (Å²) in [7, 11) is 0. The van der Waals surface area contributed by atoms with Gasteiger partial charge >= 0.3 is 6.03 Å². The molecule has 0 aromatic heterocycles. The lowest BCUT2D eigenvalue weighted by Crippen LogP contribution is -2.20. The minimum atomic E-state index is -0.0463. The lowest BCUT2D eigenvalue weighted by Gasteiger charge is -1.98. The number of hydrogen-bond donors (Lipinski definition) is 2. The molecule has 1 heterocycles. The molecule has 1 saturated heterocycles. The van der Waals surface area contributed by atoms with Crippen LogP contribution < -0.4 is 10.6 Å². The van der Waals surface area contributed by atoms with Gasteiger partial charge < -0.3 is 10.6 Å². The molecule has 0 unspecified atom stereocenters. The van der Waals surface area contributed by atoms with Crippen molar-refractivity contribution in [1.82, 2.24) is 10.6 Å². The average Bonchev–Trinajstić information content (AvgIpc) is 2.93. The number of hydrogen-bond acceptors (Lipinski definition) is 1. The van der Waals surface area contributed by atoms with Crippen LogP contribution in [0.4, 0.5) is 4.79 Å². The summed E-state index contributed by atoms with van der Waals surface area (Å²) in [5.74, 6) is 0. The summed E-state index contributed by atoms with van der Waals surface area (Å²) in [5.41, 5.74) is 2.55. The Balaban J connectivity index is 0.000000169. The van der Waals surface area contributed by atoms with E-state index in [9.17, 15) is 4.79 Å². The molecule has 92 valence electrons. The van der Waals surface area contributed by atoms with Gasteiger partial charge in [0, 0.05) is 13.1 Å². The molecule has 0 spiro atoms. The van der Waals surface area contributed by atoms with E-state index in [1.807, 2.05) is 12.1 Å². The Morgan fingerprint density at radius 1 is 0.667 bits per heavy atom. The van der Waals surface area contributed by atoms with Crippen molar-refractivity contribution in [3.8, 4) is 11.1 Å². The Bertz CT molecular complexity index is 437. The van der Waals surface area contributed by atoms with Crippen LogP contribution in [-0.2, 0) is 0 Å². The molecule has 0 saturated carbocycles. The Labute approximate surface area is 107 Å². The largest absolute Gasteiger partial charge is 0.336 e. The zero-order valence-electron chi connectivity index (χ0n) is 10.1. The van der Waals surface area contributed by atoms with Crippen LogP contribution in [0.1, 0.15) is 0 Å². The first-order valence-electron chi connectivity index (χ1n) is 5.98. The van der Waals surface area contributed by atoms with Gasteiger partial charge in [-0.2, -0.15) is 0 Å². The van der Waals surface area contributed by atoms with Crippen molar-refractivity contribution in [3.05, 3.63) is 60.7 Å². The van der Waals surface area contributed by atoms with Crippen LogP contribution in [0, 0.1) is 0 Å². The maximum absolute atomic E-state index is 10.0. The maximum Gasteiger partial charge on any atom is 0.314 e. The smallest absolute Gasteiger partial charge is 0.314 e. The monoisotopic (exact) mass is 240 g/mol. The van der Waals surface area contributed by atoms with E-state index in [4.69, 9.17) is 0 Å². The number of nitrogens with one attached hydrogen (secondary N) is 2. The topological polar surface area (TPSA) is 41.1 Å². The Morgan fingerprint density at radius 3 is 1.33 bits per heavy atom. The Kier molecular flexibility index (Phi) is 4.36. The first kappa shape index (κ1) is 12.2. The predicted molar refractivity (Wildman–Crippen MR) is 73.3 cm³/mol. The van der Waals surface area contributed by atoms with Crippen LogP contribution in [0.25, 0.3) is 11.1 Å². The van der Waals surface area contributed by atoms with Crippen LogP contribution in [0.2, 0.25) is 0 Å². The second-order valence-corrected chi connectivity index (χ2v) is 3.91. The van der Waals surface area contributed by atoms with E-state index in [0.717, 1.165) is 13.1 Å². The van der Waals surface area contributed by atoms with Crippen molar-refractivity contribution < 1.29 is 4.79 Å².